The van der Waals surface area contributed by atoms with E-state index in [2.05, 4.69) is 10.4 Å². The number of nitrogens with one attached hydrogen (secondary N) is 1. The minimum atomic E-state index is -0.107. The fourth-order valence-corrected chi connectivity index (χ4v) is 3.59. The van der Waals surface area contributed by atoms with Crippen molar-refractivity contribution in [1.82, 2.24) is 24.6 Å². The Bertz CT molecular complexity index is 843. The summed E-state index contributed by atoms with van der Waals surface area (Å²) in [5, 5.41) is 7.36. The van der Waals surface area contributed by atoms with E-state index in [0.29, 0.717) is 26.2 Å². The number of piperidine rings is 1. The highest BCUT2D eigenvalue weighted by Gasteiger charge is 2.29. The molecule has 1 saturated heterocycles. The molecule has 3 rings (SSSR count). The third-order valence-electron chi connectivity index (χ3n) is 4.96. The van der Waals surface area contributed by atoms with Gasteiger partial charge in [0.15, 0.2) is 0 Å². The summed E-state index contributed by atoms with van der Waals surface area (Å²) in [5.41, 5.74) is -0.107. The molecule has 8 nitrogen and oxygen atoms in total. The molecular formula is C20H29N5O3. The molecular weight excluding hydrogens is 358 g/mol. The molecule has 1 aromatic carbocycles. The predicted octanol–water partition coefficient (Wildman–Crippen LogP) is 2.13. The smallest absolute Gasteiger partial charge is 0.345 e. The van der Waals surface area contributed by atoms with Gasteiger partial charge in [-0.2, -0.15) is 5.10 Å². The van der Waals surface area contributed by atoms with Crippen molar-refractivity contribution in [1.29, 1.82) is 0 Å². The molecule has 2 aromatic rings. The first-order valence-corrected chi connectivity index (χ1v) is 9.83. The summed E-state index contributed by atoms with van der Waals surface area (Å²) in [6.45, 7) is 6.09. The quantitative estimate of drug-likeness (QED) is 0.770. The average molecular weight is 387 g/mol. The number of likely N-dealkylation sites (tertiary alicyclic amines) is 1. The zero-order valence-corrected chi connectivity index (χ0v) is 16.8. The van der Waals surface area contributed by atoms with Gasteiger partial charge in [0.25, 0.3) is 0 Å². The lowest BCUT2D eigenvalue weighted by atomic mass is 9.97. The largest absolute Gasteiger partial charge is 0.492 e. The van der Waals surface area contributed by atoms with Crippen LogP contribution in [-0.2, 0) is 7.05 Å². The monoisotopic (exact) mass is 387 g/mol. The zero-order valence-electron chi connectivity index (χ0n) is 16.8. The third kappa shape index (κ3) is 4.55. The maximum Gasteiger partial charge on any atom is 0.345 e. The molecule has 1 atom stereocenters. The van der Waals surface area contributed by atoms with Crippen LogP contribution >= 0.6 is 0 Å². The first kappa shape index (κ1) is 20.0. The van der Waals surface area contributed by atoms with Gasteiger partial charge in [-0.25, -0.2) is 14.3 Å². The third-order valence-corrected chi connectivity index (χ3v) is 4.96. The van der Waals surface area contributed by atoms with Crippen LogP contribution in [0.4, 0.5) is 4.79 Å². The highest BCUT2D eigenvalue weighted by atomic mass is 16.5. The van der Waals surface area contributed by atoms with Crippen LogP contribution < -0.4 is 15.7 Å². The fourth-order valence-electron chi connectivity index (χ4n) is 3.59. The lowest BCUT2D eigenvalue weighted by molar-refractivity contribution is 0.175. The number of para-hydroxylation sites is 1. The first-order chi connectivity index (χ1) is 13.5. The van der Waals surface area contributed by atoms with Crippen molar-refractivity contribution in [3.05, 3.63) is 46.6 Å². The number of nitrogens with zero attached hydrogens (tertiary/aromatic N) is 4. The van der Waals surface area contributed by atoms with Crippen molar-refractivity contribution >= 4 is 6.03 Å². The van der Waals surface area contributed by atoms with Crippen LogP contribution in [0.3, 0.4) is 0 Å². The molecule has 0 saturated carbocycles. The highest BCUT2D eigenvalue weighted by molar-refractivity contribution is 5.74. The van der Waals surface area contributed by atoms with Crippen molar-refractivity contribution in [2.45, 2.75) is 38.6 Å². The molecule has 28 heavy (non-hydrogen) atoms. The molecule has 2 heterocycles. The van der Waals surface area contributed by atoms with Crippen LogP contribution in [0.15, 0.2) is 35.1 Å². The lowest BCUT2D eigenvalue weighted by Gasteiger charge is -2.32. The second kappa shape index (κ2) is 8.95. The Labute approximate surface area is 165 Å². The van der Waals surface area contributed by atoms with E-state index in [0.717, 1.165) is 24.4 Å². The summed E-state index contributed by atoms with van der Waals surface area (Å²) in [6, 6.07) is 9.47. The second-order valence-electron chi connectivity index (χ2n) is 7.41. The molecule has 2 amide bonds. The number of benzene rings is 1. The summed E-state index contributed by atoms with van der Waals surface area (Å²) >= 11 is 0. The van der Waals surface area contributed by atoms with Gasteiger partial charge in [-0.15, -0.1) is 0 Å². The topological polar surface area (TPSA) is 81.4 Å². The number of rotatable bonds is 6. The maximum atomic E-state index is 12.5. The summed E-state index contributed by atoms with van der Waals surface area (Å²) in [7, 11) is 1.67. The summed E-state index contributed by atoms with van der Waals surface area (Å²) in [6.07, 6.45) is 1.81. The number of hydrogen-bond acceptors (Lipinski definition) is 4. The average Bonchev–Trinajstić information content (AvgIpc) is 3.01. The summed E-state index contributed by atoms with van der Waals surface area (Å²) in [4.78, 5) is 26.7. The van der Waals surface area contributed by atoms with Gasteiger partial charge in [0.1, 0.15) is 18.2 Å². The number of aryl methyl sites for hydroxylation is 1. The van der Waals surface area contributed by atoms with Crippen LogP contribution in [0.25, 0.3) is 0 Å². The SMILES string of the molecule is CC(C)n1c(C2CCCN(C(=O)NCCOc3ccccc3)C2)nn(C)c1=O. The molecule has 0 radical (unpaired) electrons. The van der Waals surface area contributed by atoms with Gasteiger partial charge in [0.05, 0.1) is 6.54 Å². The van der Waals surface area contributed by atoms with E-state index in [1.165, 1.54) is 4.68 Å². The highest BCUT2D eigenvalue weighted by Crippen LogP contribution is 2.26. The molecule has 1 unspecified atom stereocenters. The second-order valence-corrected chi connectivity index (χ2v) is 7.41. The Kier molecular flexibility index (Phi) is 6.38. The normalized spacial score (nSPS) is 17.0. The molecule has 0 aliphatic carbocycles. The molecule has 0 bridgehead atoms. The van der Waals surface area contributed by atoms with Crippen LogP contribution in [0.2, 0.25) is 0 Å². The van der Waals surface area contributed by atoms with Crippen molar-refractivity contribution in [3.8, 4) is 5.75 Å². The number of amides is 2. The van der Waals surface area contributed by atoms with Crippen LogP contribution in [0, 0.1) is 0 Å². The maximum absolute atomic E-state index is 12.5. The summed E-state index contributed by atoms with van der Waals surface area (Å²) < 4.78 is 8.73. The number of hydrogen-bond donors (Lipinski definition) is 1. The number of aromatic nitrogens is 3. The van der Waals surface area contributed by atoms with E-state index in [9.17, 15) is 9.59 Å². The van der Waals surface area contributed by atoms with E-state index in [-0.39, 0.29) is 23.7 Å². The van der Waals surface area contributed by atoms with Gasteiger partial charge < -0.3 is 15.0 Å². The van der Waals surface area contributed by atoms with E-state index in [1.807, 2.05) is 44.2 Å². The van der Waals surface area contributed by atoms with Gasteiger partial charge in [-0.1, -0.05) is 18.2 Å². The molecule has 0 spiro atoms. The Balaban J connectivity index is 1.55. The van der Waals surface area contributed by atoms with Gasteiger partial charge in [-0.05, 0) is 38.8 Å². The van der Waals surface area contributed by atoms with Crippen LogP contribution in [-0.4, -0.2) is 51.5 Å². The molecule has 8 heteroatoms. The van der Waals surface area contributed by atoms with Crippen LogP contribution in [0.1, 0.15) is 44.5 Å². The van der Waals surface area contributed by atoms with E-state index in [1.54, 1.807) is 16.5 Å². The number of urea groups is 1. The van der Waals surface area contributed by atoms with E-state index >= 15 is 0 Å². The number of carbonyl (C=O) groups excluding carboxylic acids is 1. The Morgan fingerprint density at radius 3 is 2.79 bits per heavy atom. The fraction of sp³-hybridized carbons (Fsp3) is 0.550. The predicted molar refractivity (Wildman–Crippen MR) is 107 cm³/mol. The first-order valence-electron chi connectivity index (χ1n) is 9.83. The van der Waals surface area contributed by atoms with Crippen molar-refractivity contribution in [2.24, 2.45) is 7.05 Å². The van der Waals surface area contributed by atoms with Gasteiger partial charge in [0, 0.05) is 32.1 Å². The van der Waals surface area contributed by atoms with Gasteiger partial charge >= 0.3 is 11.7 Å². The molecule has 1 N–H and O–H groups in total. The van der Waals surface area contributed by atoms with E-state index < -0.39 is 0 Å². The van der Waals surface area contributed by atoms with Crippen molar-refractivity contribution < 1.29 is 9.53 Å². The molecule has 1 fully saturated rings. The van der Waals surface area contributed by atoms with E-state index in [4.69, 9.17) is 4.74 Å². The lowest BCUT2D eigenvalue weighted by Crippen LogP contribution is -2.46. The minimum Gasteiger partial charge on any atom is -0.492 e. The minimum absolute atomic E-state index is 0.0375. The van der Waals surface area contributed by atoms with Crippen LogP contribution in [0.5, 0.6) is 5.75 Å². The van der Waals surface area contributed by atoms with Gasteiger partial charge in [0.2, 0.25) is 0 Å². The summed E-state index contributed by atoms with van der Waals surface area (Å²) in [5.74, 6) is 1.63. The molecule has 152 valence electrons. The Morgan fingerprint density at radius 2 is 2.07 bits per heavy atom. The number of carbonyl (C=O) groups is 1. The Hall–Kier alpha value is -2.77. The van der Waals surface area contributed by atoms with Crippen molar-refractivity contribution in [2.75, 3.05) is 26.2 Å². The number of ether oxygens (including phenoxy) is 1. The standard InChI is InChI=1S/C20H29N5O3/c1-15(2)25-18(22-23(3)20(25)27)16-8-7-12-24(14-16)19(26)21-11-13-28-17-9-5-4-6-10-17/h4-6,9-10,15-16H,7-8,11-14H2,1-3H3,(H,21,26). The molecule has 1 aliphatic heterocycles. The zero-order chi connectivity index (χ0) is 20.1. The molecule has 1 aromatic heterocycles. The van der Waals surface area contributed by atoms with Gasteiger partial charge in [-0.3, -0.25) is 4.57 Å². The van der Waals surface area contributed by atoms with Crippen molar-refractivity contribution in [3.63, 3.8) is 0 Å². The molecule has 1 aliphatic rings. The Morgan fingerprint density at radius 1 is 1.32 bits per heavy atom.